The van der Waals surface area contributed by atoms with Gasteiger partial charge in [0.25, 0.3) is 5.91 Å². The van der Waals surface area contributed by atoms with Crippen molar-refractivity contribution in [2.75, 3.05) is 10.6 Å². The van der Waals surface area contributed by atoms with Crippen LogP contribution in [0.3, 0.4) is 0 Å². The molecule has 2 N–H and O–H groups in total. The first kappa shape index (κ1) is 23.3. The molecule has 0 saturated heterocycles. The Morgan fingerprint density at radius 2 is 1.81 bits per heavy atom. The number of thiazole rings is 1. The van der Waals surface area contributed by atoms with E-state index in [0.717, 1.165) is 23.5 Å². The molecule has 0 spiro atoms. The SMILES string of the molecule is CC(C)n1cc(NC(=O)c2nc(-c3c(F)cccc3F)sc2NC(=O)OC(C)(C)C)cn1. The van der Waals surface area contributed by atoms with Gasteiger partial charge in [-0.3, -0.25) is 14.8 Å². The fourth-order valence-corrected chi connectivity index (χ4v) is 3.64. The molecule has 11 heteroatoms. The van der Waals surface area contributed by atoms with E-state index < -0.39 is 34.8 Å². The summed E-state index contributed by atoms with van der Waals surface area (Å²) in [6.45, 7) is 8.90. The predicted octanol–water partition coefficient (Wildman–Crippen LogP) is 5.47. The number of carbonyl (C=O) groups is 2. The van der Waals surface area contributed by atoms with Gasteiger partial charge in [-0.1, -0.05) is 17.4 Å². The fourth-order valence-electron chi connectivity index (χ4n) is 2.64. The lowest BCUT2D eigenvalue weighted by Gasteiger charge is -2.19. The molecule has 8 nitrogen and oxygen atoms in total. The Morgan fingerprint density at radius 3 is 2.38 bits per heavy atom. The molecule has 0 aliphatic rings. The summed E-state index contributed by atoms with van der Waals surface area (Å²) in [7, 11) is 0. The fraction of sp³-hybridized carbons (Fsp3) is 0.333. The molecule has 2 heterocycles. The molecule has 0 unspecified atom stereocenters. The summed E-state index contributed by atoms with van der Waals surface area (Å²) >= 11 is 0.760. The number of amides is 2. The highest BCUT2D eigenvalue weighted by Crippen LogP contribution is 2.35. The molecule has 0 fully saturated rings. The third kappa shape index (κ3) is 5.47. The second-order valence-electron chi connectivity index (χ2n) is 8.18. The van der Waals surface area contributed by atoms with Crippen LogP contribution in [0.4, 0.5) is 24.3 Å². The predicted molar refractivity (Wildman–Crippen MR) is 118 cm³/mol. The van der Waals surface area contributed by atoms with E-state index in [1.54, 1.807) is 31.6 Å². The third-order valence-corrected chi connectivity index (χ3v) is 5.01. The zero-order valence-electron chi connectivity index (χ0n) is 18.2. The van der Waals surface area contributed by atoms with Gasteiger partial charge in [-0.25, -0.2) is 18.6 Å². The highest BCUT2D eigenvalue weighted by Gasteiger charge is 2.26. The Bertz CT molecular complexity index is 1130. The van der Waals surface area contributed by atoms with Gasteiger partial charge in [0.05, 0.1) is 17.4 Å². The molecule has 3 aromatic rings. The van der Waals surface area contributed by atoms with Crippen LogP contribution < -0.4 is 10.6 Å². The van der Waals surface area contributed by atoms with Gasteiger partial charge in [-0.15, -0.1) is 0 Å². The zero-order chi connectivity index (χ0) is 23.6. The van der Waals surface area contributed by atoms with Crippen LogP contribution in [0.5, 0.6) is 0 Å². The second kappa shape index (κ2) is 9.03. The molecule has 0 saturated carbocycles. The van der Waals surface area contributed by atoms with Crippen LogP contribution in [0.2, 0.25) is 0 Å². The lowest BCUT2D eigenvalue weighted by atomic mass is 10.2. The Labute approximate surface area is 187 Å². The summed E-state index contributed by atoms with van der Waals surface area (Å²) in [5.41, 5.74) is -0.992. The van der Waals surface area contributed by atoms with E-state index in [9.17, 15) is 18.4 Å². The maximum absolute atomic E-state index is 14.3. The van der Waals surface area contributed by atoms with Gasteiger partial charge in [0.2, 0.25) is 0 Å². The first-order valence-corrected chi connectivity index (χ1v) is 10.6. The van der Waals surface area contributed by atoms with Crippen molar-refractivity contribution in [3.63, 3.8) is 0 Å². The van der Waals surface area contributed by atoms with Crippen molar-refractivity contribution in [1.29, 1.82) is 0 Å². The largest absolute Gasteiger partial charge is 0.444 e. The number of rotatable bonds is 5. The van der Waals surface area contributed by atoms with E-state index >= 15 is 0 Å². The van der Waals surface area contributed by atoms with Crippen LogP contribution in [0.15, 0.2) is 30.6 Å². The van der Waals surface area contributed by atoms with Gasteiger partial charge in [-0.05, 0) is 46.8 Å². The van der Waals surface area contributed by atoms with Gasteiger partial charge in [0.1, 0.15) is 27.2 Å². The first-order valence-electron chi connectivity index (χ1n) is 9.75. The number of aromatic nitrogens is 3. The van der Waals surface area contributed by atoms with Gasteiger partial charge < -0.3 is 10.1 Å². The van der Waals surface area contributed by atoms with E-state index in [1.165, 1.54) is 12.3 Å². The Kier molecular flexibility index (Phi) is 6.58. The van der Waals surface area contributed by atoms with Crippen LogP contribution in [0, 0.1) is 11.6 Å². The van der Waals surface area contributed by atoms with Crippen LogP contribution in [-0.4, -0.2) is 32.4 Å². The third-order valence-electron chi connectivity index (χ3n) is 4.02. The maximum Gasteiger partial charge on any atom is 0.412 e. The standard InChI is InChI=1S/C21H23F2N5O3S/c1-11(2)28-10-12(9-24-28)25-17(29)16-19(27-20(30)31-21(3,4)5)32-18(26-16)15-13(22)7-6-8-14(15)23/h6-11H,1-5H3,(H,25,29)(H,27,30). The van der Waals surface area contributed by atoms with Crippen LogP contribution >= 0.6 is 11.3 Å². The normalized spacial score (nSPS) is 11.5. The van der Waals surface area contributed by atoms with E-state index in [-0.39, 0.29) is 21.7 Å². The van der Waals surface area contributed by atoms with Crippen molar-refractivity contribution >= 4 is 34.0 Å². The summed E-state index contributed by atoms with van der Waals surface area (Å²) in [6, 6.07) is 3.48. The number of nitrogens with one attached hydrogen (secondary N) is 2. The van der Waals surface area contributed by atoms with E-state index in [2.05, 4.69) is 20.7 Å². The molecule has 1 aromatic carbocycles. The van der Waals surface area contributed by atoms with Gasteiger partial charge >= 0.3 is 6.09 Å². The molecule has 0 aliphatic carbocycles. The maximum atomic E-state index is 14.3. The van der Waals surface area contributed by atoms with Crippen molar-refractivity contribution in [3.05, 3.63) is 47.9 Å². The topological polar surface area (TPSA) is 98.1 Å². The molecular weight excluding hydrogens is 440 g/mol. The Balaban J connectivity index is 1.97. The number of hydrogen-bond donors (Lipinski definition) is 2. The number of anilines is 2. The van der Waals surface area contributed by atoms with E-state index in [0.29, 0.717) is 5.69 Å². The minimum atomic E-state index is -0.840. The molecule has 0 aliphatic heterocycles. The lowest BCUT2D eigenvalue weighted by Crippen LogP contribution is -2.27. The minimum absolute atomic E-state index is 0.00865. The number of benzene rings is 1. The Hall–Kier alpha value is -3.34. The van der Waals surface area contributed by atoms with E-state index in [4.69, 9.17) is 4.74 Å². The number of ether oxygens (including phenoxy) is 1. The highest BCUT2D eigenvalue weighted by molar-refractivity contribution is 7.19. The average molecular weight is 464 g/mol. The van der Waals surface area contributed by atoms with Crippen molar-refractivity contribution in [2.45, 2.75) is 46.3 Å². The van der Waals surface area contributed by atoms with E-state index in [1.807, 2.05) is 13.8 Å². The molecule has 3 rings (SSSR count). The molecule has 170 valence electrons. The lowest BCUT2D eigenvalue weighted by molar-refractivity contribution is 0.0636. The molecule has 2 aromatic heterocycles. The molecule has 32 heavy (non-hydrogen) atoms. The van der Waals surface area contributed by atoms with Gasteiger partial charge in [0.15, 0.2) is 5.69 Å². The highest BCUT2D eigenvalue weighted by atomic mass is 32.1. The zero-order valence-corrected chi connectivity index (χ0v) is 19.0. The summed E-state index contributed by atoms with van der Waals surface area (Å²) < 4.78 is 35.5. The summed E-state index contributed by atoms with van der Waals surface area (Å²) in [5, 5.41) is 9.12. The van der Waals surface area contributed by atoms with Crippen LogP contribution in [0.25, 0.3) is 10.6 Å². The molecule has 0 bridgehead atoms. The average Bonchev–Trinajstić information content (AvgIpc) is 3.27. The van der Waals surface area contributed by atoms with Crippen molar-refractivity contribution in [1.82, 2.24) is 14.8 Å². The van der Waals surface area contributed by atoms with Crippen molar-refractivity contribution in [3.8, 4) is 10.6 Å². The second-order valence-corrected chi connectivity index (χ2v) is 9.18. The summed E-state index contributed by atoms with van der Waals surface area (Å²) in [5.74, 6) is -2.36. The summed E-state index contributed by atoms with van der Waals surface area (Å²) in [6.07, 6.45) is 2.26. The smallest absolute Gasteiger partial charge is 0.412 e. The van der Waals surface area contributed by atoms with Crippen LogP contribution in [0.1, 0.15) is 51.1 Å². The molecular formula is C21H23F2N5O3S. The molecule has 2 amide bonds. The van der Waals surface area contributed by atoms with Crippen LogP contribution in [-0.2, 0) is 4.74 Å². The van der Waals surface area contributed by atoms with Gasteiger partial charge in [-0.2, -0.15) is 5.10 Å². The monoisotopic (exact) mass is 463 g/mol. The molecule has 0 atom stereocenters. The number of hydrogen-bond acceptors (Lipinski definition) is 6. The quantitative estimate of drug-likeness (QED) is 0.523. The van der Waals surface area contributed by atoms with Crippen molar-refractivity contribution in [2.24, 2.45) is 0 Å². The number of halogens is 2. The first-order chi connectivity index (χ1) is 14.9. The minimum Gasteiger partial charge on any atom is -0.444 e. The molecule has 0 radical (unpaired) electrons. The Morgan fingerprint density at radius 1 is 1.16 bits per heavy atom. The number of nitrogens with zero attached hydrogens (tertiary/aromatic N) is 3. The number of carbonyl (C=O) groups excluding carboxylic acids is 2. The summed E-state index contributed by atoms with van der Waals surface area (Å²) in [4.78, 5) is 29.3. The van der Waals surface area contributed by atoms with Crippen molar-refractivity contribution < 1.29 is 23.1 Å². The van der Waals surface area contributed by atoms with Gasteiger partial charge in [0, 0.05) is 12.2 Å².